The topological polar surface area (TPSA) is 50.3 Å². The summed E-state index contributed by atoms with van der Waals surface area (Å²) in [6.45, 7) is 3.38. The normalized spacial score (nSPS) is 25.4. The number of aromatic nitrogens is 1. The fourth-order valence-corrected chi connectivity index (χ4v) is 4.50. The van der Waals surface area contributed by atoms with E-state index in [0.717, 1.165) is 12.0 Å². The third-order valence-corrected chi connectivity index (χ3v) is 6.65. The molecule has 2 unspecified atom stereocenters. The molecule has 0 N–H and O–H groups in total. The number of hydrogen-bond acceptors (Lipinski definition) is 3. The Labute approximate surface area is 123 Å². The molecule has 0 amide bonds. The molecule has 0 saturated carbocycles. The lowest BCUT2D eigenvalue weighted by molar-refractivity contribution is 0.300. The van der Waals surface area contributed by atoms with Gasteiger partial charge in [0.2, 0.25) is 10.0 Å². The van der Waals surface area contributed by atoms with Crippen LogP contribution in [0.15, 0.2) is 24.5 Å². The van der Waals surface area contributed by atoms with E-state index in [1.54, 1.807) is 16.7 Å². The van der Waals surface area contributed by atoms with Gasteiger partial charge in [0.05, 0.1) is 5.75 Å². The summed E-state index contributed by atoms with van der Waals surface area (Å²) in [6, 6.07) is 3.72. The number of aryl methyl sites for hydroxylation is 1. The summed E-state index contributed by atoms with van der Waals surface area (Å²) in [5.74, 6) is 0.706. The number of halogens is 1. The van der Waals surface area contributed by atoms with Crippen LogP contribution in [0.4, 0.5) is 0 Å². The van der Waals surface area contributed by atoms with Crippen molar-refractivity contribution in [2.75, 3.05) is 18.8 Å². The minimum absolute atomic E-state index is 0.172. The van der Waals surface area contributed by atoms with Crippen molar-refractivity contribution in [2.24, 2.45) is 5.92 Å². The largest absolute Gasteiger partial charge is 0.265 e. The number of nitrogens with zero attached hydrogens (tertiary/aromatic N) is 2. The molecular formula is C13H19BrN2O2S. The number of pyridine rings is 1. The Morgan fingerprint density at radius 3 is 2.74 bits per heavy atom. The molecule has 19 heavy (non-hydrogen) atoms. The monoisotopic (exact) mass is 346 g/mol. The molecule has 2 atom stereocenters. The first-order valence-electron chi connectivity index (χ1n) is 6.50. The van der Waals surface area contributed by atoms with E-state index in [4.69, 9.17) is 0 Å². The van der Waals surface area contributed by atoms with E-state index in [0.29, 0.717) is 25.4 Å². The Kier molecular flexibility index (Phi) is 4.97. The number of alkyl halides is 1. The zero-order valence-corrected chi connectivity index (χ0v) is 13.4. The molecule has 1 aromatic rings. The van der Waals surface area contributed by atoms with Crippen LogP contribution in [0.2, 0.25) is 0 Å². The van der Waals surface area contributed by atoms with Crippen molar-refractivity contribution in [3.63, 3.8) is 0 Å². The Morgan fingerprint density at radius 2 is 2.11 bits per heavy atom. The van der Waals surface area contributed by atoms with E-state index in [2.05, 4.69) is 27.8 Å². The van der Waals surface area contributed by atoms with Gasteiger partial charge in [-0.3, -0.25) is 4.98 Å². The van der Waals surface area contributed by atoms with Crippen LogP contribution in [0.5, 0.6) is 0 Å². The fourth-order valence-electron chi connectivity index (χ4n) is 2.17. The summed E-state index contributed by atoms with van der Waals surface area (Å²) in [6.07, 6.45) is 4.85. The van der Waals surface area contributed by atoms with Crippen LogP contribution in [0.1, 0.15) is 18.9 Å². The highest BCUT2D eigenvalue weighted by Crippen LogP contribution is 2.25. The van der Waals surface area contributed by atoms with Gasteiger partial charge in [0.15, 0.2) is 0 Å². The molecule has 0 spiro atoms. The summed E-state index contributed by atoms with van der Waals surface area (Å²) in [5, 5.41) is 0. The Bertz CT molecular complexity index is 507. The number of hydrogen-bond donors (Lipinski definition) is 0. The summed E-state index contributed by atoms with van der Waals surface area (Å²) >= 11 is 3.57. The van der Waals surface area contributed by atoms with Crippen LogP contribution in [0.3, 0.4) is 0 Å². The Morgan fingerprint density at radius 1 is 1.42 bits per heavy atom. The predicted octanol–water partition coefficient (Wildman–Crippen LogP) is 2.06. The van der Waals surface area contributed by atoms with Gasteiger partial charge in [-0.1, -0.05) is 22.9 Å². The van der Waals surface area contributed by atoms with Gasteiger partial charge in [-0.25, -0.2) is 12.7 Å². The molecule has 1 fully saturated rings. The Balaban J connectivity index is 1.95. The van der Waals surface area contributed by atoms with Crippen LogP contribution in [0, 0.1) is 5.92 Å². The van der Waals surface area contributed by atoms with Crippen molar-refractivity contribution in [2.45, 2.75) is 24.6 Å². The second-order valence-electron chi connectivity index (χ2n) is 5.06. The molecule has 0 bridgehead atoms. The molecule has 1 saturated heterocycles. The molecule has 4 nitrogen and oxygen atoms in total. The lowest BCUT2D eigenvalue weighted by atomic mass is 10.0. The molecular weight excluding hydrogens is 328 g/mol. The van der Waals surface area contributed by atoms with Crippen molar-refractivity contribution in [1.29, 1.82) is 0 Å². The molecule has 106 valence electrons. The van der Waals surface area contributed by atoms with Crippen LogP contribution in [-0.2, 0) is 16.4 Å². The van der Waals surface area contributed by atoms with Gasteiger partial charge >= 0.3 is 0 Å². The smallest absolute Gasteiger partial charge is 0.214 e. The number of sulfonamides is 1. The highest BCUT2D eigenvalue weighted by molar-refractivity contribution is 9.09. The first-order valence-corrected chi connectivity index (χ1v) is 9.02. The minimum atomic E-state index is -3.15. The van der Waals surface area contributed by atoms with Gasteiger partial charge < -0.3 is 0 Å². The summed E-state index contributed by atoms with van der Waals surface area (Å²) < 4.78 is 26.2. The third kappa shape index (κ3) is 4.00. The van der Waals surface area contributed by atoms with E-state index in [1.807, 2.05) is 12.1 Å². The fraction of sp³-hybridized carbons (Fsp3) is 0.615. The molecule has 0 radical (unpaired) electrons. The summed E-state index contributed by atoms with van der Waals surface area (Å²) in [7, 11) is -3.15. The van der Waals surface area contributed by atoms with Crippen molar-refractivity contribution < 1.29 is 8.42 Å². The van der Waals surface area contributed by atoms with E-state index in [1.165, 1.54) is 0 Å². The first kappa shape index (κ1) is 14.9. The van der Waals surface area contributed by atoms with Crippen LogP contribution in [-0.4, -0.2) is 41.4 Å². The number of rotatable bonds is 4. The van der Waals surface area contributed by atoms with Crippen molar-refractivity contribution in [3.05, 3.63) is 30.1 Å². The van der Waals surface area contributed by atoms with Crippen molar-refractivity contribution >= 4 is 26.0 Å². The lowest BCUT2D eigenvalue weighted by Crippen LogP contribution is -2.44. The van der Waals surface area contributed by atoms with Gasteiger partial charge in [-0.2, -0.15) is 0 Å². The highest BCUT2D eigenvalue weighted by Gasteiger charge is 2.31. The lowest BCUT2D eigenvalue weighted by Gasteiger charge is -2.33. The molecule has 0 aliphatic carbocycles. The van der Waals surface area contributed by atoms with Crippen molar-refractivity contribution in [1.82, 2.24) is 9.29 Å². The van der Waals surface area contributed by atoms with Gasteiger partial charge in [0.25, 0.3) is 0 Å². The molecule has 0 aromatic carbocycles. The minimum Gasteiger partial charge on any atom is -0.265 e. The molecule has 1 aliphatic heterocycles. The van der Waals surface area contributed by atoms with E-state index in [-0.39, 0.29) is 10.6 Å². The van der Waals surface area contributed by atoms with Crippen molar-refractivity contribution in [3.8, 4) is 0 Å². The maximum absolute atomic E-state index is 12.3. The van der Waals surface area contributed by atoms with Crippen LogP contribution in [0.25, 0.3) is 0 Å². The molecule has 1 aromatic heterocycles. The average molecular weight is 347 g/mol. The average Bonchev–Trinajstić information content (AvgIpc) is 2.41. The maximum Gasteiger partial charge on any atom is 0.214 e. The van der Waals surface area contributed by atoms with E-state index in [9.17, 15) is 8.42 Å². The Hall–Kier alpha value is -0.460. The number of piperidine rings is 1. The third-order valence-electron chi connectivity index (χ3n) is 3.62. The first-order chi connectivity index (χ1) is 8.99. The van der Waals surface area contributed by atoms with E-state index < -0.39 is 10.0 Å². The SMILES string of the molecule is CC1CCN(S(=O)(=O)CCc2ccncc2)CC1Br. The summed E-state index contributed by atoms with van der Waals surface area (Å²) in [4.78, 5) is 4.19. The maximum atomic E-state index is 12.3. The zero-order chi connectivity index (χ0) is 13.9. The van der Waals surface area contributed by atoms with Gasteiger partial charge in [-0.15, -0.1) is 0 Å². The highest BCUT2D eigenvalue weighted by atomic mass is 79.9. The quantitative estimate of drug-likeness (QED) is 0.784. The van der Waals surface area contributed by atoms with Gasteiger partial charge in [0.1, 0.15) is 0 Å². The second kappa shape index (κ2) is 6.33. The van der Waals surface area contributed by atoms with Gasteiger partial charge in [-0.05, 0) is 36.5 Å². The molecule has 1 aliphatic rings. The zero-order valence-electron chi connectivity index (χ0n) is 11.0. The van der Waals surface area contributed by atoms with Gasteiger partial charge in [0, 0.05) is 30.3 Å². The second-order valence-corrected chi connectivity index (χ2v) is 8.33. The van der Waals surface area contributed by atoms with Crippen LogP contribution < -0.4 is 0 Å². The molecule has 6 heteroatoms. The van der Waals surface area contributed by atoms with Crippen LogP contribution >= 0.6 is 15.9 Å². The van der Waals surface area contributed by atoms with E-state index >= 15 is 0 Å². The summed E-state index contributed by atoms with van der Waals surface area (Å²) in [5.41, 5.74) is 1.01. The standard InChI is InChI=1S/C13H19BrN2O2S/c1-11-4-8-16(10-13(11)14)19(17,18)9-5-12-2-6-15-7-3-12/h2-3,6-7,11,13H,4-5,8-10H2,1H3. The molecule has 2 heterocycles. The molecule has 2 rings (SSSR count). The predicted molar refractivity (Wildman–Crippen MR) is 79.8 cm³/mol.